The summed E-state index contributed by atoms with van der Waals surface area (Å²) in [5, 5.41) is 2.72. The van der Waals surface area contributed by atoms with E-state index in [1.807, 2.05) is 27.7 Å². The summed E-state index contributed by atoms with van der Waals surface area (Å²) in [6.07, 6.45) is 2.79. The molecular weight excluding hydrogens is 754 g/mol. The van der Waals surface area contributed by atoms with Gasteiger partial charge in [-0.15, -0.1) is 0 Å². The Labute approximate surface area is 343 Å². The average molecular weight is 824 g/mol. The second-order valence-corrected chi connectivity index (χ2v) is 20.6. The Balaban J connectivity index is 1.01. The summed E-state index contributed by atoms with van der Waals surface area (Å²) in [6, 6.07) is -0.991. The molecule has 10 rings (SSSR count). The average Bonchev–Trinajstić information content (AvgIpc) is 3.52. The molecule has 330 valence electrons. The molecule has 10 fully saturated rings. The van der Waals surface area contributed by atoms with Gasteiger partial charge >= 0.3 is 12.1 Å². The van der Waals surface area contributed by atoms with Crippen molar-refractivity contribution in [1.82, 2.24) is 5.32 Å². The van der Waals surface area contributed by atoms with Gasteiger partial charge in [0.05, 0.1) is 13.2 Å². The van der Waals surface area contributed by atoms with Crippen molar-refractivity contribution in [3.63, 3.8) is 0 Å². The van der Waals surface area contributed by atoms with Crippen molar-refractivity contribution < 1.29 is 67.0 Å². The summed E-state index contributed by atoms with van der Waals surface area (Å²) in [5.74, 6) is -1.62. The first-order chi connectivity index (χ1) is 27.3. The number of nitrogens with one attached hydrogen (secondary N) is 1. The van der Waals surface area contributed by atoms with Crippen molar-refractivity contribution in [3.8, 4) is 0 Å². The summed E-state index contributed by atoms with van der Waals surface area (Å²) in [6.45, 7) is 21.4. The van der Waals surface area contributed by atoms with E-state index in [-0.39, 0.29) is 54.6 Å². The third-order valence-corrected chi connectivity index (χ3v) is 15.0. The van der Waals surface area contributed by atoms with E-state index in [2.05, 4.69) is 33.0 Å². The smallest absolute Gasteiger partial charge is 0.408 e. The van der Waals surface area contributed by atoms with Gasteiger partial charge in [-0.05, 0) is 103 Å². The van der Waals surface area contributed by atoms with E-state index in [1.165, 1.54) is 0 Å². The Morgan fingerprint density at radius 1 is 0.690 bits per heavy atom. The van der Waals surface area contributed by atoms with Crippen LogP contribution in [0.2, 0.25) is 0 Å². The summed E-state index contributed by atoms with van der Waals surface area (Å²) in [4.78, 5) is 51.5. The maximum absolute atomic E-state index is 14.0. The second kappa shape index (κ2) is 15.6. The third kappa shape index (κ3) is 7.52. The van der Waals surface area contributed by atoms with Crippen molar-refractivity contribution >= 4 is 12.1 Å². The molecule has 2 saturated carbocycles. The van der Waals surface area contributed by atoms with Crippen molar-refractivity contribution in [2.45, 2.75) is 193 Å². The number of rotatable bonds is 10. The number of amides is 1. The van der Waals surface area contributed by atoms with Crippen molar-refractivity contribution in [3.05, 3.63) is 0 Å². The lowest BCUT2D eigenvalue weighted by molar-refractivity contribution is -0.578. The van der Waals surface area contributed by atoms with E-state index < -0.39 is 77.7 Å². The minimum absolute atomic E-state index is 0.0505. The van der Waals surface area contributed by atoms with Gasteiger partial charge in [0.2, 0.25) is 11.6 Å². The zero-order chi connectivity index (χ0) is 41.6. The monoisotopic (exact) mass is 823 g/mol. The third-order valence-electron chi connectivity index (χ3n) is 15.0. The van der Waals surface area contributed by atoms with Crippen LogP contribution in [0.4, 0.5) is 4.79 Å². The second-order valence-electron chi connectivity index (χ2n) is 20.6. The van der Waals surface area contributed by atoms with Crippen molar-refractivity contribution in [2.24, 2.45) is 53.3 Å². The Kier molecular flexibility index (Phi) is 11.6. The Morgan fingerprint density at radius 3 is 1.59 bits per heavy atom. The van der Waals surface area contributed by atoms with E-state index in [9.17, 15) is 9.59 Å². The highest BCUT2D eigenvalue weighted by Gasteiger charge is 2.71. The molecule has 18 atom stereocenters. The number of esters is 1. The first-order valence-electron chi connectivity index (χ1n) is 22.1. The molecule has 0 aromatic carbocycles. The lowest BCUT2D eigenvalue weighted by Gasteiger charge is -2.60. The Morgan fingerprint density at radius 2 is 1.16 bits per heavy atom. The van der Waals surface area contributed by atoms with Crippen LogP contribution in [-0.4, -0.2) is 91.0 Å². The van der Waals surface area contributed by atoms with Gasteiger partial charge in [-0.3, -0.25) is 0 Å². The molecule has 10 aliphatic rings. The molecule has 8 saturated heterocycles. The highest BCUT2D eigenvalue weighted by atomic mass is 17.3. The van der Waals surface area contributed by atoms with Crippen molar-refractivity contribution in [1.29, 1.82) is 0 Å². The largest absolute Gasteiger partial charge is 0.456 e. The summed E-state index contributed by atoms with van der Waals surface area (Å²) >= 11 is 0. The van der Waals surface area contributed by atoms with Crippen LogP contribution in [0.15, 0.2) is 0 Å². The van der Waals surface area contributed by atoms with Crippen LogP contribution in [0.3, 0.4) is 0 Å². The quantitative estimate of drug-likeness (QED) is 0.179. The molecule has 15 nitrogen and oxygen atoms in total. The molecule has 15 heteroatoms. The molecule has 2 spiro atoms. The zero-order valence-electron chi connectivity index (χ0n) is 36.4. The number of ether oxygens (including phenoxy) is 8. The van der Waals surface area contributed by atoms with Crippen LogP contribution in [0, 0.1) is 53.3 Å². The van der Waals surface area contributed by atoms with Gasteiger partial charge in [0.15, 0.2) is 36.4 Å². The lowest BCUT2D eigenvalue weighted by Crippen LogP contribution is -2.70. The predicted molar refractivity (Wildman–Crippen MR) is 203 cm³/mol. The highest BCUT2D eigenvalue weighted by Crippen LogP contribution is 2.62. The van der Waals surface area contributed by atoms with Crippen LogP contribution in [0.5, 0.6) is 0 Å². The standard InChI is InChI=1S/C43H69NO14/c1-22(2)32(44-38(46)54-39(7,8)9)33(45)49-27(20-47-34-25(5)30-14-12-23(3)28-16-18-40(10)52-36(50-34)42(28,30)57-55-40)21-48-35-26(6)31-15-13-24(4)29-17-19-41(11)53-37(51-35)43(29,31)58-56-41/h22-32,34-37H,12-21H2,1-11H3,(H,44,46)/t23-,24-,25-,26-,27?,28+,29+,30+,31+,32+,34+,35+,36-,37?,40-,41-,42-,43-/m1/s1. The van der Waals surface area contributed by atoms with Crippen LogP contribution in [-0.2, 0) is 62.2 Å². The van der Waals surface area contributed by atoms with Gasteiger partial charge < -0.3 is 43.2 Å². The Hall–Kier alpha value is -1.66. The first kappa shape index (κ1) is 43.0. The SMILES string of the molecule is CC(C)[C@H](NC(=O)OC(C)(C)C)C(=O)OC(CO[C@H]1OC2O[C@@]3(C)CC[C@H]4[C@H](C)CC[C@@H]([C@H]1C)[C@@]24OO3)CO[C@H]1O[C@@H]2O[C@@]3(C)CC[C@H]4[C@H](C)CC[C@@H]([C@H]1C)[C@@]24OO3. The number of carbonyl (C=O) groups is 2. The molecule has 8 heterocycles. The molecule has 1 N–H and O–H groups in total. The molecule has 58 heavy (non-hydrogen) atoms. The maximum atomic E-state index is 14.0. The van der Waals surface area contributed by atoms with Gasteiger partial charge in [0, 0.05) is 36.5 Å². The van der Waals surface area contributed by atoms with Crippen LogP contribution in [0.1, 0.15) is 128 Å². The summed E-state index contributed by atoms with van der Waals surface area (Å²) in [5.41, 5.74) is -2.24. The van der Waals surface area contributed by atoms with Gasteiger partial charge in [0.25, 0.3) is 0 Å². The lowest BCUT2D eigenvalue weighted by atomic mass is 9.58. The minimum Gasteiger partial charge on any atom is -0.456 e. The van der Waals surface area contributed by atoms with E-state index in [4.69, 9.17) is 57.4 Å². The predicted octanol–water partition coefficient (Wildman–Crippen LogP) is 6.90. The van der Waals surface area contributed by atoms with Crippen molar-refractivity contribution in [2.75, 3.05) is 13.2 Å². The molecule has 0 aromatic rings. The number of hydrogen-bond acceptors (Lipinski definition) is 14. The molecule has 1 amide bonds. The topological polar surface area (TPSA) is 157 Å². The van der Waals surface area contributed by atoms with Gasteiger partial charge in [-0.25, -0.2) is 29.1 Å². The highest BCUT2D eigenvalue weighted by molar-refractivity contribution is 5.81. The fourth-order valence-electron chi connectivity index (χ4n) is 11.8. The molecule has 0 radical (unpaired) electrons. The fraction of sp³-hybridized carbons (Fsp3) is 0.953. The number of carbonyl (C=O) groups excluding carboxylic acids is 2. The molecule has 8 aliphatic heterocycles. The summed E-state index contributed by atoms with van der Waals surface area (Å²) < 4.78 is 51.4. The molecule has 2 unspecified atom stereocenters. The number of alkyl carbamates (subject to hydrolysis) is 1. The molecule has 2 aliphatic carbocycles. The number of hydrogen-bond donors (Lipinski definition) is 1. The van der Waals surface area contributed by atoms with E-state index in [0.717, 1.165) is 38.5 Å². The Bertz CT molecular complexity index is 1440. The maximum Gasteiger partial charge on any atom is 0.408 e. The van der Waals surface area contributed by atoms with Gasteiger partial charge in [-0.2, -0.15) is 0 Å². The number of fused-ring (bicyclic) bond motifs is 4. The van der Waals surface area contributed by atoms with Gasteiger partial charge in [0.1, 0.15) is 17.7 Å². The zero-order valence-corrected chi connectivity index (χ0v) is 36.4. The normalized spacial score (nSPS) is 47.9. The van der Waals surface area contributed by atoms with E-state index in [0.29, 0.717) is 24.7 Å². The molecule has 0 aromatic heterocycles. The fourth-order valence-corrected chi connectivity index (χ4v) is 11.8. The van der Waals surface area contributed by atoms with Crippen LogP contribution in [0.25, 0.3) is 0 Å². The first-order valence-corrected chi connectivity index (χ1v) is 22.1. The van der Waals surface area contributed by atoms with E-state index >= 15 is 0 Å². The summed E-state index contributed by atoms with van der Waals surface area (Å²) in [7, 11) is 0. The molecular formula is C43H69NO14. The van der Waals surface area contributed by atoms with E-state index in [1.54, 1.807) is 20.8 Å². The van der Waals surface area contributed by atoms with Crippen LogP contribution >= 0.6 is 0 Å². The minimum atomic E-state index is -0.991. The molecule has 4 bridgehead atoms. The van der Waals surface area contributed by atoms with Crippen LogP contribution < -0.4 is 5.32 Å². The van der Waals surface area contributed by atoms with Gasteiger partial charge in [-0.1, -0.05) is 41.5 Å².